The number of anilines is 3. The third-order valence-corrected chi connectivity index (χ3v) is 13.3. The molecule has 0 saturated carbocycles. The summed E-state index contributed by atoms with van der Waals surface area (Å²) in [5.74, 6) is 0. The molecule has 0 aliphatic carbocycles. The van der Waals surface area contributed by atoms with Crippen LogP contribution in [0.2, 0.25) is 0 Å². The zero-order valence-electron chi connectivity index (χ0n) is 33.1. The predicted octanol–water partition coefficient (Wildman–Crippen LogP) is 17.2. The zero-order chi connectivity index (χ0) is 40.3. The van der Waals surface area contributed by atoms with E-state index in [0.29, 0.717) is 0 Å². The van der Waals surface area contributed by atoms with Crippen LogP contribution in [0.1, 0.15) is 0 Å². The van der Waals surface area contributed by atoms with Gasteiger partial charge in [0.25, 0.3) is 0 Å². The highest BCUT2D eigenvalue weighted by molar-refractivity contribution is 7.26. The first-order valence-corrected chi connectivity index (χ1v) is 21.6. The van der Waals surface area contributed by atoms with Gasteiger partial charge in [0, 0.05) is 48.7 Å². The lowest BCUT2D eigenvalue weighted by molar-refractivity contribution is 0.670. The predicted molar refractivity (Wildman–Crippen MR) is 261 cm³/mol. The molecule has 2 nitrogen and oxygen atoms in total. The summed E-state index contributed by atoms with van der Waals surface area (Å²) >= 11 is 1.86. The van der Waals surface area contributed by atoms with Crippen molar-refractivity contribution < 1.29 is 4.42 Å². The van der Waals surface area contributed by atoms with Gasteiger partial charge < -0.3 is 9.32 Å². The van der Waals surface area contributed by atoms with E-state index in [4.69, 9.17) is 4.42 Å². The molecule has 0 atom stereocenters. The smallest absolute Gasteiger partial charge is 0.143 e. The molecule has 0 unspecified atom stereocenters. The lowest BCUT2D eigenvalue weighted by Crippen LogP contribution is -2.11. The number of hydrogen-bond acceptors (Lipinski definition) is 3. The van der Waals surface area contributed by atoms with E-state index in [1.165, 1.54) is 70.0 Å². The molecule has 0 N–H and O–H groups in total. The van der Waals surface area contributed by atoms with Gasteiger partial charge in [-0.05, 0) is 86.6 Å². The summed E-state index contributed by atoms with van der Waals surface area (Å²) in [5.41, 5.74) is 14.5. The van der Waals surface area contributed by atoms with Gasteiger partial charge in [0.2, 0.25) is 0 Å². The Morgan fingerprint density at radius 3 is 1.69 bits per heavy atom. The molecule has 2 heterocycles. The minimum absolute atomic E-state index is 0.905. The monoisotopic (exact) mass is 795 g/mol. The van der Waals surface area contributed by atoms with Gasteiger partial charge in [-0.2, -0.15) is 0 Å². The Balaban J connectivity index is 0.995. The Kier molecular flexibility index (Phi) is 8.39. The van der Waals surface area contributed by atoms with Crippen molar-refractivity contribution in [3.8, 4) is 44.5 Å². The number of rotatable bonds is 7. The van der Waals surface area contributed by atoms with Crippen molar-refractivity contribution >= 4 is 81.3 Å². The van der Waals surface area contributed by atoms with E-state index in [-0.39, 0.29) is 0 Å². The molecule has 12 rings (SSSR count). The third-order valence-electron chi connectivity index (χ3n) is 12.1. The van der Waals surface area contributed by atoms with E-state index in [2.05, 4.69) is 217 Å². The van der Waals surface area contributed by atoms with E-state index >= 15 is 0 Å². The maximum Gasteiger partial charge on any atom is 0.143 e. The standard InChI is InChI=1S/C58H37NOS/c1-2-12-42(13-3-1)48-35-36-53-51-16-7-9-20-55(51)61-58(53)56(48)59(47-33-29-43(30-34-47)49-17-10-18-52-50-15-6-8-19-54(50)60-57(49)52)46-31-27-40(28-32-46)39-21-23-41(24-22-39)45-26-25-38-11-4-5-14-44(38)37-45/h1-37H. The SMILES string of the molecule is c1ccc(-c2ccc3c(sc4ccccc43)c2N(c2ccc(-c3ccc(-c4ccc5ccccc5c4)cc3)cc2)c2ccc(-c3cccc4c3oc3ccccc34)cc2)cc1. The molecular weight excluding hydrogens is 759 g/mol. The van der Waals surface area contributed by atoms with Crippen LogP contribution in [-0.2, 0) is 0 Å². The van der Waals surface area contributed by atoms with Crippen molar-refractivity contribution in [1.82, 2.24) is 0 Å². The van der Waals surface area contributed by atoms with Crippen LogP contribution in [0.15, 0.2) is 229 Å². The van der Waals surface area contributed by atoms with Crippen LogP contribution in [0.25, 0.3) is 97.4 Å². The molecular formula is C58H37NOS. The van der Waals surface area contributed by atoms with E-state index in [1.54, 1.807) is 0 Å². The maximum absolute atomic E-state index is 6.48. The molecule has 61 heavy (non-hydrogen) atoms. The molecule has 2 aromatic heterocycles. The molecule has 0 radical (unpaired) electrons. The van der Waals surface area contributed by atoms with Gasteiger partial charge in [0.15, 0.2) is 0 Å². The lowest BCUT2D eigenvalue weighted by atomic mass is 9.97. The highest BCUT2D eigenvalue weighted by Gasteiger charge is 2.23. The second kappa shape index (κ2) is 14.5. The normalized spacial score (nSPS) is 11.6. The quantitative estimate of drug-likeness (QED) is 0.160. The van der Waals surface area contributed by atoms with E-state index in [1.807, 2.05) is 23.5 Å². The third kappa shape index (κ3) is 6.09. The fraction of sp³-hybridized carbons (Fsp3) is 0. The van der Waals surface area contributed by atoms with Crippen molar-refractivity contribution in [3.05, 3.63) is 224 Å². The van der Waals surface area contributed by atoms with Gasteiger partial charge in [-0.1, -0.05) is 182 Å². The molecule has 12 aromatic rings. The van der Waals surface area contributed by atoms with Crippen molar-refractivity contribution in [1.29, 1.82) is 0 Å². The van der Waals surface area contributed by atoms with Crippen LogP contribution in [0.4, 0.5) is 17.1 Å². The number of hydrogen-bond donors (Lipinski definition) is 0. The van der Waals surface area contributed by atoms with Gasteiger partial charge >= 0.3 is 0 Å². The van der Waals surface area contributed by atoms with Gasteiger partial charge in [0.05, 0.1) is 10.4 Å². The fourth-order valence-electron chi connectivity index (χ4n) is 9.05. The van der Waals surface area contributed by atoms with E-state index < -0.39 is 0 Å². The first-order chi connectivity index (χ1) is 30.2. The van der Waals surface area contributed by atoms with Gasteiger partial charge in [-0.25, -0.2) is 0 Å². The van der Waals surface area contributed by atoms with Gasteiger partial charge in [-0.15, -0.1) is 11.3 Å². The average molecular weight is 796 g/mol. The van der Waals surface area contributed by atoms with E-state index in [0.717, 1.165) is 44.4 Å². The summed E-state index contributed by atoms with van der Waals surface area (Å²) in [6, 6.07) is 81.2. The summed E-state index contributed by atoms with van der Waals surface area (Å²) < 4.78 is 9.01. The Morgan fingerprint density at radius 2 is 0.918 bits per heavy atom. The fourth-order valence-corrected chi connectivity index (χ4v) is 10.3. The van der Waals surface area contributed by atoms with Crippen molar-refractivity contribution in [2.45, 2.75) is 0 Å². The Bertz CT molecular complexity index is 3560. The topological polar surface area (TPSA) is 16.4 Å². The molecule has 3 heteroatoms. The molecule has 286 valence electrons. The molecule has 0 spiro atoms. The Hall–Kier alpha value is -7.72. The Morgan fingerprint density at radius 1 is 0.344 bits per heavy atom. The molecule has 0 bridgehead atoms. The summed E-state index contributed by atoms with van der Waals surface area (Å²) in [5, 5.41) is 7.32. The number of para-hydroxylation sites is 2. The Labute approximate surface area is 357 Å². The molecule has 0 saturated heterocycles. The van der Waals surface area contributed by atoms with Gasteiger partial charge in [-0.3, -0.25) is 0 Å². The lowest BCUT2D eigenvalue weighted by Gasteiger charge is -2.29. The zero-order valence-corrected chi connectivity index (χ0v) is 33.9. The van der Waals surface area contributed by atoms with Crippen LogP contribution in [0, 0.1) is 0 Å². The second-order valence-electron chi connectivity index (χ2n) is 15.7. The molecule has 0 amide bonds. The summed E-state index contributed by atoms with van der Waals surface area (Å²) in [6.45, 7) is 0. The number of thiophene rings is 1. The van der Waals surface area contributed by atoms with Crippen molar-refractivity contribution in [3.63, 3.8) is 0 Å². The highest BCUT2D eigenvalue weighted by Crippen LogP contribution is 2.50. The minimum atomic E-state index is 0.905. The minimum Gasteiger partial charge on any atom is -0.455 e. The number of benzene rings is 10. The summed E-state index contributed by atoms with van der Waals surface area (Å²) in [6.07, 6.45) is 0. The van der Waals surface area contributed by atoms with Crippen molar-refractivity contribution in [2.75, 3.05) is 4.90 Å². The molecule has 0 fully saturated rings. The number of fused-ring (bicyclic) bond motifs is 7. The van der Waals surface area contributed by atoms with Crippen LogP contribution in [0.5, 0.6) is 0 Å². The van der Waals surface area contributed by atoms with Crippen molar-refractivity contribution in [2.24, 2.45) is 0 Å². The second-order valence-corrected chi connectivity index (χ2v) is 16.7. The molecule has 0 aliphatic heterocycles. The summed E-state index contributed by atoms with van der Waals surface area (Å²) in [4.78, 5) is 2.46. The summed E-state index contributed by atoms with van der Waals surface area (Å²) in [7, 11) is 0. The molecule has 10 aromatic carbocycles. The number of furan rings is 1. The first kappa shape index (κ1) is 35.2. The largest absolute Gasteiger partial charge is 0.455 e. The van der Waals surface area contributed by atoms with Crippen LogP contribution >= 0.6 is 11.3 Å². The van der Waals surface area contributed by atoms with Crippen LogP contribution in [-0.4, -0.2) is 0 Å². The van der Waals surface area contributed by atoms with Crippen LogP contribution in [0.3, 0.4) is 0 Å². The maximum atomic E-state index is 6.48. The first-order valence-electron chi connectivity index (χ1n) is 20.7. The highest BCUT2D eigenvalue weighted by atomic mass is 32.1. The average Bonchev–Trinajstić information content (AvgIpc) is 3.91. The number of nitrogens with zero attached hydrogens (tertiary/aromatic N) is 1. The van der Waals surface area contributed by atoms with Gasteiger partial charge in [0.1, 0.15) is 11.2 Å². The van der Waals surface area contributed by atoms with E-state index in [9.17, 15) is 0 Å². The van der Waals surface area contributed by atoms with Crippen LogP contribution < -0.4 is 4.90 Å². The molecule has 0 aliphatic rings.